The summed E-state index contributed by atoms with van der Waals surface area (Å²) in [7, 11) is 0. The van der Waals surface area contributed by atoms with Crippen molar-refractivity contribution in [1.82, 2.24) is 0 Å². The molecule has 0 spiro atoms. The Morgan fingerprint density at radius 1 is 0.739 bits per heavy atom. The molecule has 0 amide bonds. The van der Waals surface area contributed by atoms with Gasteiger partial charge in [0.1, 0.15) is 6.10 Å². The van der Waals surface area contributed by atoms with Gasteiger partial charge in [-0.2, -0.15) is 0 Å². The Balaban J connectivity index is 0.000000615. The molecule has 3 fully saturated rings. The van der Waals surface area contributed by atoms with Crippen molar-refractivity contribution in [1.29, 1.82) is 0 Å². The zero-order valence-corrected chi connectivity index (χ0v) is 16.3. The molecule has 0 saturated heterocycles. The van der Waals surface area contributed by atoms with Crippen molar-refractivity contribution in [2.24, 2.45) is 11.8 Å². The van der Waals surface area contributed by atoms with E-state index >= 15 is 0 Å². The highest BCUT2D eigenvalue weighted by Gasteiger charge is 2.47. The number of hydrogen-bond donors (Lipinski definition) is 0. The van der Waals surface area contributed by atoms with Gasteiger partial charge in [0.15, 0.2) is 0 Å². The van der Waals surface area contributed by atoms with Crippen molar-refractivity contribution in [2.75, 3.05) is 0 Å². The van der Waals surface area contributed by atoms with Gasteiger partial charge < -0.3 is 9.47 Å². The molecule has 0 aromatic heterocycles. The smallest absolute Gasteiger partial charge is 0.101 e. The molecule has 3 aliphatic rings. The van der Waals surface area contributed by atoms with Crippen LogP contribution in [0.2, 0.25) is 0 Å². The van der Waals surface area contributed by atoms with Gasteiger partial charge in [-0.15, -0.1) is 0 Å². The van der Waals surface area contributed by atoms with E-state index in [-0.39, 0.29) is 0 Å². The zero-order valence-electron chi connectivity index (χ0n) is 16.3. The van der Waals surface area contributed by atoms with Crippen LogP contribution in [-0.2, 0) is 9.47 Å². The predicted octanol–water partition coefficient (Wildman–Crippen LogP) is 6.50. The van der Waals surface area contributed by atoms with E-state index in [1.807, 2.05) is 34.6 Å². The summed E-state index contributed by atoms with van der Waals surface area (Å²) >= 11 is 0. The Bertz CT molecular complexity index is 320. The van der Waals surface area contributed by atoms with Crippen molar-refractivity contribution in [3.8, 4) is 0 Å². The van der Waals surface area contributed by atoms with Gasteiger partial charge in [0.25, 0.3) is 0 Å². The molecule has 0 bridgehead atoms. The van der Waals surface area contributed by atoms with E-state index in [4.69, 9.17) is 9.47 Å². The summed E-state index contributed by atoms with van der Waals surface area (Å²) < 4.78 is 12.4. The lowest BCUT2D eigenvalue weighted by atomic mass is 9.95. The summed E-state index contributed by atoms with van der Waals surface area (Å²) in [6.07, 6.45) is 13.3. The number of rotatable bonds is 4. The third-order valence-electron chi connectivity index (χ3n) is 5.35. The topological polar surface area (TPSA) is 18.5 Å². The second-order valence-corrected chi connectivity index (χ2v) is 6.78. The van der Waals surface area contributed by atoms with Gasteiger partial charge in [-0.05, 0) is 51.4 Å². The van der Waals surface area contributed by atoms with Crippen LogP contribution < -0.4 is 0 Å². The molecule has 136 valence electrons. The highest BCUT2D eigenvalue weighted by molar-refractivity contribution is 4.97. The van der Waals surface area contributed by atoms with Crippen LogP contribution in [0.4, 0.5) is 0 Å². The average Bonchev–Trinajstić information content (AvgIpc) is 3.16. The van der Waals surface area contributed by atoms with Crippen molar-refractivity contribution >= 4 is 0 Å². The summed E-state index contributed by atoms with van der Waals surface area (Å²) in [6, 6.07) is 0. The summed E-state index contributed by atoms with van der Waals surface area (Å²) in [5.74, 6) is 2.36. The quantitative estimate of drug-likeness (QED) is 0.550. The van der Waals surface area contributed by atoms with Crippen LogP contribution in [0.3, 0.4) is 0 Å². The lowest BCUT2D eigenvalue weighted by Gasteiger charge is -2.28. The molecule has 3 saturated carbocycles. The number of hydrogen-bond acceptors (Lipinski definition) is 2. The molecule has 3 rings (SSSR count). The highest BCUT2D eigenvalue weighted by Crippen LogP contribution is 2.47. The first kappa shape index (κ1) is 20.5. The monoisotopic (exact) mass is 324 g/mol. The maximum atomic E-state index is 6.44. The van der Waals surface area contributed by atoms with E-state index in [0.717, 1.165) is 17.6 Å². The lowest BCUT2D eigenvalue weighted by molar-refractivity contribution is -0.0503. The van der Waals surface area contributed by atoms with Gasteiger partial charge >= 0.3 is 0 Å². The minimum absolute atomic E-state index is 0.419. The predicted molar refractivity (Wildman–Crippen MR) is 99.6 cm³/mol. The molecule has 0 N–H and O–H groups in total. The highest BCUT2D eigenvalue weighted by atomic mass is 16.5. The van der Waals surface area contributed by atoms with Crippen molar-refractivity contribution in [3.63, 3.8) is 0 Å². The van der Waals surface area contributed by atoms with E-state index in [1.54, 1.807) is 0 Å². The molecule has 0 aromatic carbocycles. The van der Waals surface area contributed by atoms with Gasteiger partial charge in [-0.25, -0.2) is 0 Å². The van der Waals surface area contributed by atoms with Crippen LogP contribution in [-0.4, -0.2) is 18.3 Å². The van der Waals surface area contributed by atoms with E-state index in [9.17, 15) is 0 Å². The Morgan fingerprint density at radius 2 is 1.26 bits per heavy atom. The average molecular weight is 325 g/mol. The summed E-state index contributed by atoms with van der Waals surface area (Å²) in [4.78, 5) is 0. The number of allylic oxidation sites excluding steroid dienone is 1. The van der Waals surface area contributed by atoms with Crippen LogP contribution >= 0.6 is 0 Å². The third-order valence-corrected chi connectivity index (χ3v) is 5.35. The Labute approximate surface area is 145 Å². The number of fused-ring (bicyclic) bond motifs is 1. The molecule has 0 radical (unpaired) electrons. The zero-order chi connectivity index (χ0) is 17.2. The van der Waals surface area contributed by atoms with Crippen LogP contribution in [0.25, 0.3) is 0 Å². The lowest BCUT2D eigenvalue weighted by Crippen LogP contribution is -2.28. The van der Waals surface area contributed by atoms with Gasteiger partial charge in [0.05, 0.1) is 18.0 Å². The van der Waals surface area contributed by atoms with E-state index in [1.165, 1.54) is 57.8 Å². The second-order valence-electron chi connectivity index (χ2n) is 6.78. The fourth-order valence-corrected chi connectivity index (χ4v) is 4.52. The Hall–Kier alpha value is -0.500. The van der Waals surface area contributed by atoms with E-state index < -0.39 is 0 Å². The normalized spacial score (nSPS) is 32.9. The van der Waals surface area contributed by atoms with Crippen molar-refractivity contribution in [2.45, 2.75) is 111 Å². The third kappa shape index (κ3) is 5.81. The van der Waals surface area contributed by atoms with Crippen LogP contribution in [0.1, 0.15) is 92.4 Å². The molecule has 3 aliphatic carbocycles. The summed E-state index contributed by atoms with van der Waals surface area (Å²) in [5, 5.41) is 0. The molecule has 2 heteroatoms. The summed E-state index contributed by atoms with van der Waals surface area (Å²) in [5.41, 5.74) is 0. The minimum Gasteiger partial charge on any atom is -0.495 e. The first-order valence-corrected chi connectivity index (χ1v) is 10.2. The van der Waals surface area contributed by atoms with Crippen LogP contribution in [0.15, 0.2) is 12.3 Å². The fourth-order valence-electron chi connectivity index (χ4n) is 4.52. The standard InChI is InChI=1S/C17H28O2.2C2H6/c1-12(2)18-16-10-8-15-14(16)9-11-17(15)19-13-6-4-3-5-7-13;2*1-2/h13-17H,1,3-11H2,2H3;2*1-2H3/t14-,15?,16-,17?;;/m0../s1. The molecule has 2 nitrogen and oxygen atoms in total. The molecule has 23 heavy (non-hydrogen) atoms. The Kier molecular flexibility index (Phi) is 9.94. The largest absolute Gasteiger partial charge is 0.495 e. The minimum atomic E-state index is 0.419. The van der Waals surface area contributed by atoms with Crippen LogP contribution in [0, 0.1) is 11.8 Å². The SMILES string of the molecule is C=C(C)O[C@H]1CCC2C(OC3CCCCC3)CC[C@@H]21.CC.CC. The molecule has 0 aliphatic heterocycles. The molecular weight excluding hydrogens is 284 g/mol. The first-order valence-electron chi connectivity index (χ1n) is 10.2. The van der Waals surface area contributed by atoms with Gasteiger partial charge in [0.2, 0.25) is 0 Å². The van der Waals surface area contributed by atoms with Crippen molar-refractivity contribution in [3.05, 3.63) is 12.3 Å². The van der Waals surface area contributed by atoms with Crippen molar-refractivity contribution < 1.29 is 9.47 Å². The van der Waals surface area contributed by atoms with Crippen LogP contribution in [0.5, 0.6) is 0 Å². The van der Waals surface area contributed by atoms with Gasteiger partial charge in [-0.1, -0.05) is 53.5 Å². The molecular formula is C21H40O2. The maximum Gasteiger partial charge on any atom is 0.101 e. The first-order chi connectivity index (χ1) is 11.2. The van der Waals surface area contributed by atoms with Gasteiger partial charge in [-0.3, -0.25) is 0 Å². The molecule has 0 aromatic rings. The second kappa shape index (κ2) is 11.1. The van der Waals surface area contributed by atoms with E-state index in [0.29, 0.717) is 18.3 Å². The molecule has 2 unspecified atom stereocenters. The maximum absolute atomic E-state index is 6.44. The molecule has 0 heterocycles. The number of ether oxygens (including phenoxy) is 2. The fraction of sp³-hybridized carbons (Fsp3) is 0.905. The summed E-state index contributed by atoms with van der Waals surface area (Å²) in [6.45, 7) is 13.9. The molecule has 4 atom stereocenters. The van der Waals surface area contributed by atoms with E-state index in [2.05, 4.69) is 6.58 Å². The Morgan fingerprint density at radius 3 is 1.83 bits per heavy atom. The van der Waals surface area contributed by atoms with Gasteiger partial charge in [0, 0.05) is 5.92 Å².